The quantitative estimate of drug-likeness (QED) is 0.614. The summed E-state index contributed by atoms with van der Waals surface area (Å²) in [6, 6.07) is 13.0. The number of hydrogen-bond acceptors (Lipinski definition) is 3. The third kappa shape index (κ3) is 2.29. The van der Waals surface area contributed by atoms with Crippen LogP contribution in [-0.4, -0.2) is 20.9 Å². The predicted molar refractivity (Wildman–Crippen MR) is 76.7 cm³/mol. The van der Waals surface area contributed by atoms with Crippen LogP contribution in [0.4, 0.5) is 0 Å². The summed E-state index contributed by atoms with van der Waals surface area (Å²) in [4.78, 5) is 11.6. The molecule has 0 saturated heterocycles. The van der Waals surface area contributed by atoms with Crippen LogP contribution < -0.4 is 10.2 Å². The van der Waals surface area contributed by atoms with Gasteiger partial charge in [-0.2, -0.15) is 0 Å². The molecule has 3 nitrogen and oxygen atoms in total. The van der Waals surface area contributed by atoms with E-state index in [0.29, 0.717) is 5.56 Å². The molecule has 2 aromatic rings. The Morgan fingerprint density at radius 2 is 2.15 bits per heavy atom. The number of ether oxygens (including phenoxy) is 2. The fourth-order valence-electron chi connectivity index (χ4n) is 2.44. The highest BCUT2D eigenvalue weighted by molar-refractivity contribution is 6.32. The first-order chi connectivity index (χ1) is 9.67. The third-order valence-corrected chi connectivity index (χ3v) is 3.44. The van der Waals surface area contributed by atoms with Crippen molar-refractivity contribution in [1.29, 1.82) is 0 Å². The molecule has 0 spiro atoms. The average molecular weight is 264 g/mol. The number of esters is 1. The lowest BCUT2D eigenvalue weighted by atomic mass is 9.92. The Balaban J connectivity index is 1.87. The van der Waals surface area contributed by atoms with Gasteiger partial charge in [0.05, 0.1) is 12.7 Å². The smallest absolute Gasteiger partial charge is 0.337 e. The highest BCUT2D eigenvalue weighted by Crippen LogP contribution is 2.36. The molecule has 0 aromatic heterocycles. The molecule has 1 aliphatic heterocycles. The zero-order valence-corrected chi connectivity index (χ0v) is 11.1. The van der Waals surface area contributed by atoms with E-state index in [0.717, 1.165) is 28.8 Å². The zero-order chi connectivity index (χ0) is 14.1. The molecule has 2 radical (unpaired) electrons. The van der Waals surface area contributed by atoms with Gasteiger partial charge in [0.15, 0.2) is 0 Å². The van der Waals surface area contributed by atoms with Crippen LogP contribution >= 0.6 is 0 Å². The summed E-state index contributed by atoms with van der Waals surface area (Å²) in [5.41, 5.74) is 3.32. The lowest BCUT2D eigenvalue weighted by Crippen LogP contribution is -2.06. The van der Waals surface area contributed by atoms with Gasteiger partial charge in [0, 0.05) is 6.42 Å². The molecule has 1 unspecified atom stereocenters. The maximum Gasteiger partial charge on any atom is 0.337 e. The maximum absolute atomic E-state index is 11.6. The van der Waals surface area contributed by atoms with Gasteiger partial charge in [-0.05, 0) is 29.3 Å². The summed E-state index contributed by atoms with van der Waals surface area (Å²) in [6.07, 6.45) is 0.668. The van der Waals surface area contributed by atoms with E-state index in [-0.39, 0.29) is 12.1 Å². The number of methoxy groups -OCH3 is 1. The van der Waals surface area contributed by atoms with Gasteiger partial charge in [-0.25, -0.2) is 4.79 Å². The molecule has 1 heterocycles. The molecule has 0 aliphatic carbocycles. The number of carbonyl (C=O) groups is 1. The summed E-state index contributed by atoms with van der Waals surface area (Å²) < 4.78 is 10.6. The molecule has 0 saturated carbocycles. The van der Waals surface area contributed by atoms with Gasteiger partial charge < -0.3 is 9.47 Å². The van der Waals surface area contributed by atoms with E-state index in [1.54, 1.807) is 6.07 Å². The summed E-state index contributed by atoms with van der Waals surface area (Å²) in [7, 11) is 7.15. The minimum atomic E-state index is -0.341. The van der Waals surface area contributed by atoms with Crippen molar-refractivity contribution in [2.45, 2.75) is 12.5 Å². The minimum Gasteiger partial charge on any atom is -0.485 e. The number of benzene rings is 2. The third-order valence-electron chi connectivity index (χ3n) is 3.44. The van der Waals surface area contributed by atoms with Crippen LogP contribution in [0.2, 0.25) is 0 Å². The van der Waals surface area contributed by atoms with E-state index in [9.17, 15) is 4.79 Å². The minimum absolute atomic E-state index is 0.0867. The van der Waals surface area contributed by atoms with E-state index in [1.807, 2.05) is 36.4 Å². The van der Waals surface area contributed by atoms with Crippen LogP contribution in [0.25, 0.3) is 0 Å². The van der Waals surface area contributed by atoms with E-state index < -0.39 is 0 Å². The van der Waals surface area contributed by atoms with Gasteiger partial charge in [0.1, 0.15) is 19.7 Å². The van der Waals surface area contributed by atoms with Crippen LogP contribution in [0.3, 0.4) is 0 Å². The van der Waals surface area contributed by atoms with Crippen LogP contribution in [0.1, 0.15) is 27.6 Å². The largest absolute Gasteiger partial charge is 0.485 e. The van der Waals surface area contributed by atoms with Crippen molar-refractivity contribution in [3.05, 3.63) is 59.2 Å². The van der Waals surface area contributed by atoms with Crippen molar-refractivity contribution in [3.8, 4) is 5.75 Å². The molecule has 2 aromatic carbocycles. The summed E-state index contributed by atoms with van der Waals surface area (Å²) in [6.45, 7) is 0. The van der Waals surface area contributed by atoms with Crippen LogP contribution in [0.15, 0.2) is 42.5 Å². The summed E-state index contributed by atoms with van der Waals surface area (Å²) in [5.74, 6) is 0.513. The highest BCUT2D eigenvalue weighted by Gasteiger charge is 2.24. The molecular formula is C16H13BO3. The van der Waals surface area contributed by atoms with Gasteiger partial charge in [-0.1, -0.05) is 29.7 Å². The van der Waals surface area contributed by atoms with Gasteiger partial charge in [0.2, 0.25) is 0 Å². The number of hydrogen-bond donors (Lipinski definition) is 0. The Morgan fingerprint density at radius 1 is 1.30 bits per heavy atom. The Bertz CT molecular complexity index is 667. The molecule has 1 atom stereocenters. The van der Waals surface area contributed by atoms with Crippen molar-refractivity contribution in [2.75, 3.05) is 7.11 Å². The van der Waals surface area contributed by atoms with E-state index in [1.165, 1.54) is 7.11 Å². The first-order valence-electron chi connectivity index (χ1n) is 6.40. The Hall–Kier alpha value is -2.23. The Labute approximate surface area is 118 Å². The molecule has 0 fully saturated rings. The lowest BCUT2D eigenvalue weighted by Gasteiger charge is -2.11. The normalized spacial score (nSPS) is 16.4. The van der Waals surface area contributed by atoms with Gasteiger partial charge in [-0.3, -0.25) is 0 Å². The highest BCUT2D eigenvalue weighted by atomic mass is 16.5. The fourth-order valence-corrected chi connectivity index (χ4v) is 2.44. The average Bonchev–Trinajstić information content (AvgIpc) is 2.89. The number of carbonyl (C=O) groups excluding carboxylic acids is 1. The second kappa shape index (κ2) is 5.04. The van der Waals surface area contributed by atoms with Gasteiger partial charge in [0.25, 0.3) is 0 Å². The van der Waals surface area contributed by atoms with E-state index >= 15 is 0 Å². The van der Waals surface area contributed by atoms with Crippen molar-refractivity contribution in [1.82, 2.24) is 0 Å². The zero-order valence-electron chi connectivity index (χ0n) is 11.1. The molecule has 3 rings (SSSR count). The molecule has 0 bridgehead atoms. The molecule has 98 valence electrons. The lowest BCUT2D eigenvalue weighted by molar-refractivity contribution is 0.0600. The van der Waals surface area contributed by atoms with Crippen molar-refractivity contribution < 1.29 is 14.3 Å². The van der Waals surface area contributed by atoms with Crippen molar-refractivity contribution in [2.24, 2.45) is 0 Å². The Kier molecular flexibility index (Phi) is 3.22. The molecule has 20 heavy (non-hydrogen) atoms. The van der Waals surface area contributed by atoms with Crippen LogP contribution in [0.5, 0.6) is 5.75 Å². The maximum atomic E-state index is 11.6. The van der Waals surface area contributed by atoms with Crippen molar-refractivity contribution >= 4 is 19.3 Å². The Morgan fingerprint density at radius 3 is 2.95 bits per heavy atom. The SMILES string of the molecule is [B]c1ccc2c(c1)CC(c1cccc(C(=O)OC)c1)O2. The first kappa shape index (κ1) is 12.8. The fraction of sp³-hybridized carbons (Fsp3) is 0.188. The second-order valence-electron chi connectivity index (χ2n) is 4.79. The van der Waals surface area contributed by atoms with E-state index in [4.69, 9.17) is 17.3 Å². The topological polar surface area (TPSA) is 35.5 Å². The predicted octanol–water partition coefficient (Wildman–Crippen LogP) is 1.94. The molecule has 4 heteroatoms. The van der Waals surface area contributed by atoms with Crippen molar-refractivity contribution in [3.63, 3.8) is 0 Å². The van der Waals surface area contributed by atoms with E-state index in [2.05, 4.69) is 0 Å². The van der Waals surface area contributed by atoms with Gasteiger partial charge in [-0.15, -0.1) is 0 Å². The number of fused-ring (bicyclic) bond motifs is 1. The number of rotatable bonds is 2. The molecule has 0 N–H and O–H groups in total. The second-order valence-corrected chi connectivity index (χ2v) is 4.79. The van der Waals surface area contributed by atoms with Crippen LogP contribution in [-0.2, 0) is 11.2 Å². The summed E-state index contributed by atoms with van der Waals surface area (Å²) in [5, 5.41) is 0. The van der Waals surface area contributed by atoms with Gasteiger partial charge >= 0.3 is 5.97 Å². The van der Waals surface area contributed by atoms with Crippen LogP contribution in [0, 0.1) is 0 Å². The monoisotopic (exact) mass is 264 g/mol. The summed E-state index contributed by atoms with van der Waals surface area (Å²) >= 11 is 0. The standard InChI is InChI=1S/C16H13BO3/c1-19-16(18)11-4-2-3-10(7-11)15-9-12-8-13(17)5-6-14(12)20-15/h2-8,15H,9H2,1H3. The molecule has 0 amide bonds. The first-order valence-corrected chi connectivity index (χ1v) is 6.40. The molecule has 1 aliphatic rings. The molecular weight excluding hydrogens is 251 g/mol.